The van der Waals surface area contributed by atoms with Crippen molar-refractivity contribution in [2.45, 2.75) is 19.8 Å². The van der Waals surface area contributed by atoms with Crippen LogP contribution >= 0.6 is 0 Å². The summed E-state index contributed by atoms with van der Waals surface area (Å²) in [4.78, 5) is 2.11. The predicted octanol–water partition coefficient (Wildman–Crippen LogP) is 2.35. The molecule has 1 aromatic rings. The summed E-state index contributed by atoms with van der Waals surface area (Å²) < 4.78 is 13.7. The molecule has 3 nitrogen and oxygen atoms in total. The Morgan fingerprint density at radius 3 is 2.76 bits per heavy atom. The van der Waals surface area contributed by atoms with Gasteiger partial charge < -0.3 is 10.6 Å². The standard InChI is InChI=1S/C13H18FN3/c1-2-17(8-9-6-7-9)11-5-3-4-10(14)12(11)13(15)16/h3-5,9H,2,6-8H2,1H3,(H3,15,16). The number of rotatable bonds is 5. The maximum absolute atomic E-state index is 13.7. The van der Waals surface area contributed by atoms with Crippen molar-refractivity contribution in [2.75, 3.05) is 18.0 Å². The highest BCUT2D eigenvalue weighted by Gasteiger charge is 2.25. The molecule has 0 heterocycles. The van der Waals surface area contributed by atoms with E-state index in [1.165, 1.54) is 18.9 Å². The SMILES string of the molecule is CCN(CC1CC1)c1cccc(F)c1C(=N)N. The number of halogens is 1. The van der Waals surface area contributed by atoms with E-state index in [9.17, 15) is 4.39 Å². The van der Waals surface area contributed by atoms with Gasteiger partial charge in [-0.1, -0.05) is 6.07 Å². The number of nitrogens with two attached hydrogens (primary N) is 1. The zero-order valence-corrected chi connectivity index (χ0v) is 10.0. The summed E-state index contributed by atoms with van der Waals surface area (Å²) in [6, 6.07) is 4.86. The molecule has 0 aromatic heterocycles. The van der Waals surface area contributed by atoms with Crippen LogP contribution in [0.3, 0.4) is 0 Å². The fourth-order valence-corrected chi connectivity index (χ4v) is 2.05. The third-order valence-corrected chi connectivity index (χ3v) is 3.16. The van der Waals surface area contributed by atoms with Gasteiger partial charge in [0, 0.05) is 13.1 Å². The van der Waals surface area contributed by atoms with Gasteiger partial charge in [0.1, 0.15) is 11.7 Å². The number of nitrogens with zero attached hydrogens (tertiary/aromatic N) is 1. The van der Waals surface area contributed by atoms with Crippen molar-refractivity contribution in [3.05, 3.63) is 29.6 Å². The van der Waals surface area contributed by atoms with Gasteiger partial charge in [-0.3, -0.25) is 5.41 Å². The van der Waals surface area contributed by atoms with Crippen molar-refractivity contribution in [3.63, 3.8) is 0 Å². The first-order chi connectivity index (χ1) is 8.13. The minimum atomic E-state index is -0.413. The van der Waals surface area contributed by atoms with E-state index in [2.05, 4.69) is 4.90 Å². The Hall–Kier alpha value is -1.58. The van der Waals surface area contributed by atoms with Gasteiger partial charge in [-0.05, 0) is 37.8 Å². The lowest BCUT2D eigenvalue weighted by Crippen LogP contribution is -2.28. The molecule has 0 saturated heterocycles. The van der Waals surface area contributed by atoms with E-state index in [0.717, 1.165) is 24.7 Å². The lowest BCUT2D eigenvalue weighted by molar-refractivity contribution is 0.622. The highest BCUT2D eigenvalue weighted by molar-refractivity contribution is 6.00. The van der Waals surface area contributed by atoms with E-state index < -0.39 is 5.82 Å². The van der Waals surface area contributed by atoms with Crippen molar-refractivity contribution in [2.24, 2.45) is 11.7 Å². The molecule has 17 heavy (non-hydrogen) atoms. The van der Waals surface area contributed by atoms with Crippen LogP contribution in [0.5, 0.6) is 0 Å². The first-order valence-corrected chi connectivity index (χ1v) is 6.01. The Morgan fingerprint density at radius 1 is 1.53 bits per heavy atom. The molecule has 4 heteroatoms. The molecule has 1 saturated carbocycles. The summed E-state index contributed by atoms with van der Waals surface area (Å²) in [5.74, 6) is 0.106. The second-order valence-corrected chi connectivity index (χ2v) is 4.53. The molecule has 0 spiro atoms. The summed E-state index contributed by atoms with van der Waals surface area (Å²) in [7, 11) is 0. The number of benzene rings is 1. The summed E-state index contributed by atoms with van der Waals surface area (Å²) in [6.45, 7) is 3.78. The molecule has 1 aliphatic carbocycles. The van der Waals surface area contributed by atoms with Gasteiger partial charge in [-0.25, -0.2) is 4.39 Å². The normalized spacial score (nSPS) is 14.7. The number of nitrogen functional groups attached to an aromatic ring is 1. The van der Waals surface area contributed by atoms with Crippen LogP contribution in [-0.4, -0.2) is 18.9 Å². The second-order valence-electron chi connectivity index (χ2n) is 4.53. The topological polar surface area (TPSA) is 53.1 Å². The van der Waals surface area contributed by atoms with Gasteiger partial charge >= 0.3 is 0 Å². The number of amidine groups is 1. The Labute approximate surface area is 101 Å². The van der Waals surface area contributed by atoms with E-state index >= 15 is 0 Å². The minimum absolute atomic E-state index is 0.202. The molecule has 1 fully saturated rings. The molecule has 0 atom stereocenters. The Balaban J connectivity index is 2.33. The van der Waals surface area contributed by atoms with E-state index in [-0.39, 0.29) is 11.4 Å². The Bertz CT molecular complexity index is 427. The third-order valence-electron chi connectivity index (χ3n) is 3.16. The fraction of sp³-hybridized carbons (Fsp3) is 0.462. The highest BCUT2D eigenvalue weighted by Crippen LogP contribution is 2.32. The fourth-order valence-electron chi connectivity index (χ4n) is 2.05. The minimum Gasteiger partial charge on any atom is -0.384 e. The zero-order chi connectivity index (χ0) is 12.4. The maximum Gasteiger partial charge on any atom is 0.136 e. The molecule has 1 aliphatic rings. The van der Waals surface area contributed by atoms with E-state index in [4.69, 9.17) is 11.1 Å². The van der Waals surface area contributed by atoms with Crippen molar-refractivity contribution >= 4 is 11.5 Å². The molecule has 0 radical (unpaired) electrons. The predicted molar refractivity (Wildman–Crippen MR) is 68.0 cm³/mol. The number of hydrogen-bond acceptors (Lipinski definition) is 2. The number of anilines is 1. The molecule has 0 aliphatic heterocycles. The van der Waals surface area contributed by atoms with Gasteiger partial charge in [0.25, 0.3) is 0 Å². The molecular formula is C13H18FN3. The van der Waals surface area contributed by atoms with Gasteiger partial charge in [0.2, 0.25) is 0 Å². The average Bonchev–Trinajstić information content (AvgIpc) is 3.08. The number of hydrogen-bond donors (Lipinski definition) is 2. The molecule has 0 bridgehead atoms. The second kappa shape index (κ2) is 4.73. The molecule has 3 N–H and O–H groups in total. The van der Waals surface area contributed by atoms with Crippen molar-refractivity contribution in [1.29, 1.82) is 5.41 Å². The first-order valence-electron chi connectivity index (χ1n) is 6.01. The Morgan fingerprint density at radius 2 is 2.24 bits per heavy atom. The summed E-state index contributed by atoms with van der Waals surface area (Å²) in [6.07, 6.45) is 2.50. The van der Waals surface area contributed by atoms with E-state index in [1.54, 1.807) is 6.07 Å². The van der Waals surface area contributed by atoms with Crippen molar-refractivity contribution < 1.29 is 4.39 Å². The zero-order valence-electron chi connectivity index (χ0n) is 10.0. The molecule has 1 aromatic carbocycles. The monoisotopic (exact) mass is 235 g/mol. The van der Waals surface area contributed by atoms with Gasteiger partial charge in [-0.15, -0.1) is 0 Å². The lowest BCUT2D eigenvalue weighted by Gasteiger charge is -2.25. The lowest BCUT2D eigenvalue weighted by atomic mass is 10.1. The number of nitrogens with one attached hydrogen (secondary N) is 1. The van der Waals surface area contributed by atoms with Crippen LogP contribution < -0.4 is 10.6 Å². The molecule has 2 rings (SSSR count). The van der Waals surface area contributed by atoms with Crippen LogP contribution in [0.1, 0.15) is 25.3 Å². The summed E-state index contributed by atoms with van der Waals surface area (Å²) >= 11 is 0. The van der Waals surface area contributed by atoms with Crippen LogP contribution in [0.4, 0.5) is 10.1 Å². The van der Waals surface area contributed by atoms with Gasteiger partial charge in [0.05, 0.1) is 11.3 Å². The van der Waals surface area contributed by atoms with E-state index in [1.807, 2.05) is 13.0 Å². The van der Waals surface area contributed by atoms with E-state index in [0.29, 0.717) is 0 Å². The van der Waals surface area contributed by atoms with Crippen molar-refractivity contribution in [1.82, 2.24) is 0 Å². The summed E-state index contributed by atoms with van der Waals surface area (Å²) in [5.41, 5.74) is 6.44. The van der Waals surface area contributed by atoms with Gasteiger partial charge in [0.15, 0.2) is 0 Å². The van der Waals surface area contributed by atoms with Crippen LogP contribution in [0, 0.1) is 17.1 Å². The molecule has 0 unspecified atom stereocenters. The third kappa shape index (κ3) is 2.57. The highest BCUT2D eigenvalue weighted by atomic mass is 19.1. The molecular weight excluding hydrogens is 217 g/mol. The maximum atomic E-state index is 13.7. The van der Waals surface area contributed by atoms with Crippen LogP contribution in [0.2, 0.25) is 0 Å². The largest absolute Gasteiger partial charge is 0.384 e. The smallest absolute Gasteiger partial charge is 0.136 e. The summed E-state index contributed by atoms with van der Waals surface area (Å²) in [5, 5.41) is 7.49. The van der Waals surface area contributed by atoms with Gasteiger partial charge in [-0.2, -0.15) is 0 Å². The van der Waals surface area contributed by atoms with Crippen LogP contribution in [-0.2, 0) is 0 Å². The quantitative estimate of drug-likeness (QED) is 0.608. The van der Waals surface area contributed by atoms with Crippen LogP contribution in [0.15, 0.2) is 18.2 Å². The Kier molecular flexibility index (Phi) is 3.31. The molecule has 0 amide bonds. The molecule has 92 valence electrons. The van der Waals surface area contributed by atoms with Crippen LogP contribution in [0.25, 0.3) is 0 Å². The average molecular weight is 235 g/mol. The first kappa shape index (κ1) is 11.9. The van der Waals surface area contributed by atoms with Crippen molar-refractivity contribution in [3.8, 4) is 0 Å².